The van der Waals surface area contributed by atoms with Crippen LogP contribution in [0.25, 0.3) is 0 Å². The molecule has 0 spiro atoms. The predicted molar refractivity (Wildman–Crippen MR) is 60.5 cm³/mol. The number of rotatable bonds is 4. The van der Waals surface area contributed by atoms with Gasteiger partial charge in [-0.3, -0.25) is 0 Å². The number of aryl methyl sites for hydroxylation is 1. The summed E-state index contributed by atoms with van der Waals surface area (Å²) in [5.74, 6) is -0.476. The zero-order chi connectivity index (χ0) is 11.4. The highest BCUT2D eigenvalue weighted by molar-refractivity contribution is 9.09. The number of hydrogen-bond acceptors (Lipinski definition) is 2. The molecule has 0 saturated carbocycles. The second-order valence-corrected chi connectivity index (χ2v) is 4.25. The van der Waals surface area contributed by atoms with Crippen LogP contribution in [0.15, 0.2) is 18.2 Å². The maximum atomic E-state index is 13.4. The smallest absolute Gasteiger partial charge is 0.129 e. The Balaban J connectivity index is 2.94. The Labute approximate surface area is 96.9 Å². The lowest BCUT2D eigenvalue weighted by atomic mass is 9.98. The van der Waals surface area contributed by atoms with Crippen molar-refractivity contribution in [3.63, 3.8) is 0 Å². The fraction of sp³-hybridized carbons (Fsp3) is 0.455. The lowest BCUT2D eigenvalue weighted by Gasteiger charge is -2.19. The molecule has 0 bridgehead atoms. The van der Waals surface area contributed by atoms with Crippen LogP contribution in [-0.4, -0.2) is 21.6 Å². The molecule has 84 valence electrons. The van der Waals surface area contributed by atoms with Crippen LogP contribution in [0.3, 0.4) is 0 Å². The molecule has 0 aliphatic carbocycles. The molecule has 0 fully saturated rings. The van der Waals surface area contributed by atoms with Crippen molar-refractivity contribution in [2.75, 3.05) is 5.33 Å². The summed E-state index contributed by atoms with van der Waals surface area (Å²) < 4.78 is 13.4. The molecule has 0 radical (unpaired) electrons. The fourth-order valence-corrected chi connectivity index (χ4v) is 1.95. The Morgan fingerprint density at radius 1 is 1.40 bits per heavy atom. The monoisotopic (exact) mass is 276 g/mol. The molecule has 0 aromatic heterocycles. The van der Waals surface area contributed by atoms with Gasteiger partial charge in [-0.1, -0.05) is 28.1 Å². The number of aliphatic hydroxyl groups excluding tert-OH is 2. The van der Waals surface area contributed by atoms with Gasteiger partial charge in [-0.25, -0.2) is 4.39 Å². The summed E-state index contributed by atoms with van der Waals surface area (Å²) in [5, 5.41) is 19.9. The third-order valence-electron chi connectivity index (χ3n) is 2.34. The van der Waals surface area contributed by atoms with Crippen molar-refractivity contribution in [3.05, 3.63) is 35.1 Å². The average Bonchev–Trinajstić information content (AvgIpc) is 2.17. The van der Waals surface area contributed by atoms with Crippen molar-refractivity contribution in [1.29, 1.82) is 0 Å². The van der Waals surface area contributed by atoms with Crippen LogP contribution in [0, 0.1) is 12.7 Å². The third kappa shape index (κ3) is 3.00. The summed E-state index contributed by atoms with van der Waals surface area (Å²) in [4.78, 5) is 0. The largest absolute Gasteiger partial charge is 0.390 e. The highest BCUT2D eigenvalue weighted by Crippen LogP contribution is 2.25. The Morgan fingerprint density at radius 3 is 2.60 bits per heavy atom. The highest BCUT2D eigenvalue weighted by Gasteiger charge is 2.22. The predicted octanol–water partition coefficient (Wildman–Crippen LogP) is 2.31. The number of benzene rings is 1. The molecule has 2 unspecified atom stereocenters. The van der Waals surface area contributed by atoms with Crippen molar-refractivity contribution in [2.45, 2.75) is 25.6 Å². The minimum atomic E-state index is -1.16. The summed E-state index contributed by atoms with van der Waals surface area (Å²) in [5.41, 5.74) is 0.835. The summed E-state index contributed by atoms with van der Waals surface area (Å²) in [6.45, 7) is 1.71. The van der Waals surface area contributed by atoms with Gasteiger partial charge in [0.15, 0.2) is 0 Å². The van der Waals surface area contributed by atoms with E-state index in [0.717, 1.165) is 0 Å². The molecule has 2 atom stereocenters. The molecule has 1 aromatic carbocycles. The molecule has 1 rings (SSSR count). The zero-order valence-electron chi connectivity index (χ0n) is 8.45. The van der Waals surface area contributed by atoms with E-state index in [1.807, 2.05) is 0 Å². The summed E-state index contributed by atoms with van der Waals surface area (Å²) in [6.07, 6.45) is -1.72. The van der Waals surface area contributed by atoms with E-state index < -0.39 is 18.0 Å². The molecule has 0 heterocycles. The number of alkyl halides is 1. The molecule has 2 nitrogen and oxygen atoms in total. The molecule has 0 saturated heterocycles. The van der Waals surface area contributed by atoms with Gasteiger partial charge in [0.05, 0.1) is 6.10 Å². The third-order valence-corrected chi connectivity index (χ3v) is 2.79. The van der Waals surface area contributed by atoms with E-state index in [4.69, 9.17) is 0 Å². The van der Waals surface area contributed by atoms with Crippen molar-refractivity contribution in [3.8, 4) is 0 Å². The van der Waals surface area contributed by atoms with Crippen LogP contribution in [0.5, 0.6) is 0 Å². The second-order valence-electron chi connectivity index (χ2n) is 3.46. The van der Waals surface area contributed by atoms with Crippen molar-refractivity contribution < 1.29 is 14.6 Å². The van der Waals surface area contributed by atoms with Gasteiger partial charge in [-0.2, -0.15) is 0 Å². The van der Waals surface area contributed by atoms with Crippen molar-refractivity contribution >= 4 is 15.9 Å². The first-order chi connectivity index (χ1) is 7.07. The average molecular weight is 277 g/mol. The van der Waals surface area contributed by atoms with E-state index in [2.05, 4.69) is 15.9 Å². The SMILES string of the molecule is Cc1cccc(F)c1C(O)C(O)CCBr. The number of halogens is 2. The minimum absolute atomic E-state index is 0.186. The molecular formula is C11H14BrFO2. The van der Waals surface area contributed by atoms with Gasteiger partial charge < -0.3 is 10.2 Å². The maximum Gasteiger partial charge on any atom is 0.129 e. The Morgan fingerprint density at radius 2 is 2.07 bits per heavy atom. The van der Waals surface area contributed by atoms with E-state index in [1.54, 1.807) is 19.1 Å². The standard InChI is InChI=1S/C11H14BrFO2/c1-7-3-2-4-8(13)10(7)11(15)9(14)5-6-12/h2-4,9,11,14-15H,5-6H2,1H3. The summed E-state index contributed by atoms with van der Waals surface area (Å²) in [6, 6.07) is 4.58. The van der Waals surface area contributed by atoms with E-state index in [-0.39, 0.29) is 5.56 Å². The zero-order valence-corrected chi connectivity index (χ0v) is 10.0. The van der Waals surface area contributed by atoms with Gasteiger partial charge in [0, 0.05) is 10.9 Å². The quantitative estimate of drug-likeness (QED) is 0.829. The fourth-order valence-electron chi connectivity index (χ4n) is 1.48. The molecule has 4 heteroatoms. The van der Waals surface area contributed by atoms with Crippen LogP contribution in [-0.2, 0) is 0 Å². The second kappa shape index (κ2) is 5.58. The lowest BCUT2D eigenvalue weighted by molar-refractivity contribution is 0.0149. The van der Waals surface area contributed by atoms with Gasteiger partial charge in [-0.15, -0.1) is 0 Å². The van der Waals surface area contributed by atoms with Gasteiger partial charge in [0.1, 0.15) is 11.9 Å². The van der Waals surface area contributed by atoms with Gasteiger partial charge in [0.2, 0.25) is 0 Å². The minimum Gasteiger partial charge on any atom is -0.390 e. The molecule has 0 aliphatic rings. The topological polar surface area (TPSA) is 40.5 Å². The molecular weight excluding hydrogens is 263 g/mol. The Kier molecular flexibility index (Phi) is 4.70. The van der Waals surface area contributed by atoms with E-state index in [9.17, 15) is 14.6 Å². The van der Waals surface area contributed by atoms with E-state index >= 15 is 0 Å². The first-order valence-electron chi connectivity index (χ1n) is 4.75. The van der Waals surface area contributed by atoms with E-state index in [1.165, 1.54) is 6.07 Å². The molecule has 1 aromatic rings. The van der Waals surface area contributed by atoms with Crippen LogP contribution >= 0.6 is 15.9 Å². The summed E-state index contributed by atoms with van der Waals surface area (Å²) >= 11 is 3.16. The molecule has 2 N–H and O–H groups in total. The van der Waals surface area contributed by atoms with Crippen LogP contribution < -0.4 is 0 Å². The van der Waals surface area contributed by atoms with Gasteiger partial charge in [-0.05, 0) is 25.0 Å². The first-order valence-corrected chi connectivity index (χ1v) is 5.87. The number of aliphatic hydroxyl groups is 2. The molecule has 15 heavy (non-hydrogen) atoms. The molecule has 0 aliphatic heterocycles. The van der Waals surface area contributed by atoms with Gasteiger partial charge >= 0.3 is 0 Å². The van der Waals surface area contributed by atoms with Gasteiger partial charge in [0.25, 0.3) is 0 Å². The Bertz CT molecular complexity index is 310. The first kappa shape index (κ1) is 12.6. The Hall–Kier alpha value is -0.450. The number of hydrogen-bond donors (Lipinski definition) is 2. The highest BCUT2D eigenvalue weighted by atomic mass is 79.9. The normalized spacial score (nSPS) is 15.0. The van der Waals surface area contributed by atoms with Crippen molar-refractivity contribution in [1.82, 2.24) is 0 Å². The lowest BCUT2D eigenvalue weighted by Crippen LogP contribution is -2.20. The van der Waals surface area contributed by atoms with Crippen LogP contribution in [0.1, 0.15) is 23.7 Å². The molecule has 0 amide bonds. The van der Waals surface area contributed by atoms with Crippen LogP contribution in [0.2, 0.25) is 0 Å². The summed E-state index contributed by atoms with van der Waals surface area (Å²) in [7, 11) is 0. The van der Waals surface area contributed by atoms with Crippen LogP contribution in [0.4, 0.5) is 4.39 Å². The van der Waals surface area contributed by atoms with Crippen molar-refractivity contribution in [2.24, 2.45) is 0 Å². The maximum absolute atomic E-state index is 13.4. The van der Waals surface area contributed by atoms with E-state index in [0.29, 0.717) is 17.3 Å².